The monoisotopic (exact) mass is 389 g/mol. The molecule has 0 unspecified atom stereocenters. The predicted molar refractivity (Wildman–Crippen MR) is 109 cm³/mol. The smallest absolute Gasteiger partial charge is 0.432 e. The molecule has 0 saturated carbocycles. The minimum Gasteiger partial charge on any atom is -0.497 e. The molecule has 3 rings (SSSR count). The van der Waals surface area contributed by atoms with Gasteiger partial charge in [0.1, 0.15) is 5.75 Å². The summed E-state index contributed by atoms with van der Waals surface area (Å²) < 4.78 is 29.5. The minimum absolute atomic E-state index is 0.630. The number of anilines is 2. The average molecular weight is 389 g/mol. The number of hydrogen-bond acceptors (Lipinski definition) is 5. The third-order valence-corrected chi connectivity index (χ3v) is 6.03. The van der Waals surface area contributed by atoms with Gasteiger partial charge in [0.2, 0.25) is 0 Å². The first-order valence-electron chi connectivity index (χ1n) is 8.52. The molecule has 0 atom stereocenters. The highest BCUT2D eigenvalue weighted by Gasteiger charge is 2.21. The van der Waals surface area contributed by atoms with Gasteiger partial charge >= 0.3 is 7.75 Å². The highest BCUT2D eigenvalue weighted by Crippen LogP contribution is 2.46. The van der Waals surface area contributed by atoms with Crippen LogP contribution in [0.3, 0.4) is 0 Å². The number of hydrogen-bond donors (Lipinski definition) is 2. The van der Waals surface area contributed by atoms with Crippen LogP contribution < -0.4 is 15.6 Å². The number of methoxy groups -OCH3 is 1. The maximum atomic E-state index is 12.2. The van der Waals surface area contributed by atoms with Crippen molar-refractivity contribution in [1.82, 2.24) is 4.57 Å². The fourth-order valence-corrected chi connectivity index (χ4v) is 3.95. The minimum atomic E-state index is -3.34. The zero-order valence-corrected chi connectivity index (χ0v) is 16.7. The molecule has 0 aliphatic heterocycles. The maximum absolute atomic E-state index is 12.2. The number of aromatic nitrogens is 1. The van der Waals surface area contributed by atoms with Crippen LogP contribution in [0, 0.1) is 0 Å². The van der Waals surface area contributed by atoms with Gasteiger partial charge in [-0.1, -0.05) is 12.1 Å². The molecule has 0 spiro atoms. The molecule has 0 aliphatic rings. The molecule has 3 aromatic rings. The van der Waals surface area contributed by atoms with Gasteiger partial charge in [0.05, 0.1) is 24.0 Å². The summed E-state index contributed by atoms with van der Waals surface area (Å²) in [5.74, 6) is 0.788. The van der Waals surface area contributed by atoms with E-state index in [2.05, 4.69) is 16.6 Å². The van der Waals surface area contributed by atoms with Crippen LogP contribution >= 0.6 is 7.75 Å². The lowest BCUT2D eigenvalue weighted by Gasteiger charge is -2.16. The Kier molecular flexibility index (Phi) is 5.46. The molecule has 3 N–H and O–H groups in total. The molecular formula is C19H24N3O4P. The second-order valence-corrected chi connectivity index (χ2v) is 7.89. The zero-order valence-electron chi connectivity index (χ0n) is 15.9. The van der Waals surface area contributed by atoms with Gasteiger partial charge in [-0.25, -0.2) is 4.57 Å². The largest absolute Gasteiger partial charge is 0.497 e. The lowest BCUT2D eigenvalue weighted by Crippen LogP contribution is -2.01. The van der Waals surface area contributed by atoms with Crippen LogP contribution in [0.1, 0.15) is 6.92 Å². The summed E-state index contributed by atoms with van der Waals surface area (Å²) in [6.07, 6.45) is 0. The van der Waals surface area contributed by atoms with Crippen molar-refractivity contribution in [2.24, 2.45) is 0 Å². The van der Waals surface area contributed by atoms with Crippen LogP contribution in [0.2, 0.25) is 0 Å². The summed E-state index contributed by atoms with van der Waals surface area (Å²) in [5, 5.41) is 3.76. The Labute approximate surface area is 158 Å². The molecular weight excluding hydrogens is 365 g/mol. The summed E-state index contributed by atoms with van der Waals surface area (Å²) in [4.78, 5) is 0. The van der Waals surface area contributed by atoms with Crippen molar-refractivity contribution >= 4 is 30.0 Å². The van der Waals surface area contributed by atoms with Crippen molar-refractivity contribution < 1.29 is 18.3 Å². The number of benzene rings is 2. The van der Waals surface area contributed by atoms with Crippen LogP contribution in [0.5, 0.6) is 5.75 Å². The Morgan fingerprint density at radius 1 is 1.07 bits per heavy atom. The molecule has 0 aliphatic carbocycles. The Balaban J connectivity index is 2.05. The van der Waals surface area contributed by atoms with Gasteiger partial charge in [-0.05, 0) is 31.2 Å². The number of nitrogen functional groups attached to an aromatic ring is 1. The van der Waals surface area contributed by atoms with Crippen LogP contribution in [0.25, 0.3) is 22.2 Å². The molecule has 27 heavy (non-hydrogen) atoms. The van der Waals surface area contributed by atoms with E-state index in [1.807, 2.05) is 42.5 Å². The van der Waals surface area contributed by atoms with Crippen molar-refractivity contribution in [2.45, 2.75) is 13.5 Å². The third-order valence-electron chi connectivity index (χ3n) is 4.53. The van der Waals surface area contributed by atoms with Crippen LogP contribution in [0.15, 0.2) is 42.5 Å². The zero-order chi connectivity index (χ0) is 19.6. The van der Waals surface area contributed by atoms with E-state index < -0.39 is 7.75 Å². The van der Waals surface area contributed by atoms with Gasteiger partial charge < -0.3 is 15.0 Å². The summed E-state index contributed by atoms with van der Waals surface area (Å²) in [5.41, 5.74) is 10.7. The SMILES string of the molecule is CCn1c(-c2ccc(NP(=O)(OC)OC)cc2)c(N)c2ccc(OC)cc21. The fraction of sp³-hybridized carbons (Fsp3) is 0.263. The van der Waals surface area contributed by atoms with Gasteiger partial charge in [-0.3, -0.25) is 14.1 Å². The molecule has 144 valence electrons. The molecule has 1 aromatic heterocycles. The fourth-order valence-electron chi connectivity index (χ4n) is 3.15. The number of nitrogens with two attached hydrogens (primary N) is 1. The molecule has 0 bridgehead atoms. The maximum Gasteiger partial charge on any atom is 0.432 e. The standard InChI is InChI=1S/C19H24N3O4P/c1-5-22-17-12-15(24-2)10-11-16(17)18(20)19(22)13-6-8-14(9-7-13)21-27(23,25-3)26-4/h6-12H,5,20H2,1-4H3,(H,21,23). The molecule has 2 aromatic carbocycles. The number of fused-ring (bicyclic) bond motifs is 1. The van der Waals surface area contributed by atoms with E-state index in [-0.39, 0.29) is 0 Å². The summed E-state index contributed by atoms with van der Waals surface area (Å²) in [7, 11) is 0.974. The second kappa shape index (κ2) is 7.64. The highest BCUT2D eigenvalue weighted by molar-refractivity contribution is 7.55. The Hall–Kier alpha value is -2.47. The molecule has 0 fully saturated rings. The molecule has 1 heterocycles. The van der Waals surface area contributed by atoms with E-state index in [0.29, 0.717) is 5.69 Å². The molecule has 0 amide bonds. The molecule has 0 saturated heterocycles. The third kappa shape index (κ3) is 3.54. The number of rotatable bonds is 7. The van der Waals surface area contributed by atoms with Gasteiger partial charge in [-0.2, -0.15) is 0 Å². The van der Waals surface area contributed by atoms with Gasteiger partial charge in [0.25, 0.3) is 0 Å². The average Bonchev–Trinajstić information content (AvgIpc) is 2.99. The topological polar surface area (TPSA) is 87.7 Å². The van der Waals surface area contributed by atoms with E-state index in [1.54, 1.807) is 7.11 Å². The van der Waals surface area contributed by atoms with E-state index in [9.17, 15) is 4.57 Å². The lowest BCUT2D eigenvalue weighted by molar-refractivity contribution is 0.281. The van der Waals surface area contributed by atoms with Crippen molar-refractivity contribution in [2.75, 3.05) is 32.2 Å². The van der Waals surface area contributed by atoms with Crippen molar-refractivity contribution in [1.29, 1.82) is 0 Å². The van der Waals surface area contributed by atoms with Gasteiger partial charge in [0, 0.05) is 43.5 Å². The van der Waals surface area contributed by atoms with E-state index >= 15 is 0 Å². The molecule has 8 heteroatoms. The Morgan fingerprint density at radius 2 is 1.74 bits per heavy atom. The normalized spacial score (nSPS) is 11.7. The van der Waals surface area contributed by atoms with Gasteiger partial charge in [0.15, 0.2) is 0 Å². The first-order chi connectivity index (χ1) is 13.0. The number of aryl methyl sites for hydroxylation is 1. The number of nitrogens with one attached hydrogen (secondary N) is 1. The summed E-state index contributed by atoms with van der Waals surface area (Å²) in [6, 6.07) is 13.3. The first kappa shape index (κ1) is 19.3. The lowest BCUT2D eigenvalue weighted by atomic mass is 10.1. The highest BCUT2D eigenvalue weighted by atomic mass is 31.2. The molecule has 7 nitrogen and oxygen atoms in total. The van der Waals surface area contributed by atoms with Crippen molar-refractivity contribution in [3.8, 4) is 17.0 Å². The van der Waals surface area contributed by atoms with Crippen LogP contribution in [0.4, 0.5) is 11.4 Å². The van der Waals surface area contributed by atoms with E-state index in [1.165, 1.54) is 14.2 Å². The van der Waals surface area contributed by atoms with Crippen LogP contribution in [-0.2, 0) is 20.2 Å². The Morgan fingerprint density at radius 3 is 2.30 bits per heavy atom. The van der Waals surface area contributed by atoms with E-state index in [0.717, 1.165) is 40.1 Å². The van der Waals surface area contributed by atoms with Crippen molar-refractivity contribution in [3.63, 3.8) is 0 Å². The number of nitrogens with zero attached hydrogens (tertiary/aromatic N) is 1. The van der Waals surface area contributed by atoms with Crippen molar-refractivity contribution in [3.05, 3.63) is 42.5 Å². The van der Waals surface area contributed by atoms with Gasteiger partial charge in [-0.15, -0.1) is 0 Å². The Bertz CT molecular complexity index is 990. The van der Waals surface area contributed by atoms with E-state index in [4.69, 9.17) is 19.5 Å². The first-order valence-corrected chi connectivity index (χ1v) is 10.1. The number of ether oxygens (including phenoxy) is 1. The predicted octanol–water partition coefficient (Wildman–Crippen LogP) is 4.73. The second-order valence-electron chi connectivity index (χ2n) is 5.94. The van der Waals surface area contributed by atoms with Crippen LogP contribution in [-0.4, -0.2) is 25.9 Å². The summed E-state index contributed by atoms with van der Waals surface area (Å²) in [6.45, 7) is 2.84. The summed E-state index contributed by atoms with van der Waals surface area (Å²) >= 11 is 0. The quantitative estimate of drug-likeness (QED) is 0.568. The molecule has 0 radical (unpaired) electrons.